The average Bonchev–Trinajstić information content (AvgIpc) is 2.88. The van der Waals surface area contributed by atoms with Crippen LogP contribution in [0.4, 0.5) is 0 Å². The van der Waals surface area contributed by atoms with Crippen molar-refractivity contribution in [3.63, 3.8) is 0 Å². The molecule has 1 aromatic rings. The Hall–Kier alpha value is -1.29. The molecule has 0 aliphatic carbocycles. The van der Waals surface area contributed by atoms with E-state index in [2.05, 4.69) is 19.2 Å². The van der Waals surface area contributed by atoms with Gasteiger partial charge in [0.1, 0.15) is 0 Å². The van der Waals surface area contributed by atoms with Crippen LogP contribution in [0.15, 0.2) is 23.0 Å². The summed E-state index contributed by atoms with van der Waals surface area (Å²) in [6.45, 7) is 5.09. The van der Waals surface area contributed by atoms with Crippen molar-refractivity contribution in [2.45, 2.75) is 46.1 Å². The van der Waals surface area contributed by atoms with E-state index in [1.165, 1.54) is 0 Å². The number of amides is 1. The molecule has 1 heterocycles. The van der Waals surface area contributed by atoms with Crippen molar-refractivity contribution in [1.82, 2.24) is 5.32 Å². The van der Waals surface area contributed by atoms with Gasteiger partial charge in [0, 0.05) is 18.7 Å². The van der Waals surface area contributed by atoms with Gasteiger partial charge in [-0.15, -0.1) is 0 Å². The van der Waals surface area contributed by atoms with Crippen LogP contribution in [-0.2, 0) is 11.3 Å². The lowest BCUT2D eigenvalue weighted by molar-refractivity contribution is -0.131. The normalized spacial score (nSPS) is 11.5. The highest BCUT2D eigenvalue weighted by Crippen LogP contribution is 2.29. The average molecular weight is 252 g/mol. The van der Waals surface area contributed by atoms with Crippen LogP contribution in [0.2, 0.25) is 0 Å². The molecule has 0 bridgehead atoms. The van der Waals surface area contributed by atoms with Gasteiger partial charge in [-0.3, -0.25) is 4.79 Å². The molecule has 18 heavy (non-hydrogen) atoms. The number of nitrogens with one attached hydrogen (secondary N) is 1. The van der Waals surface area contributed by atoms with E-state index in [4.69, 9.17) is 10.2 Å². The van der Waals surface area contributed by atoms with Gasteiger partial charge in [0.25, 0.3) is 0 Å². The summed E-state index contributed by atoms with van der Waals surface area (Å²) in [6.07, 6.45) is 6.87. The molecule has 0 saturated carbocycles. The fraction of sp³-hybridized carbons (Fsp3) is 0.643. The Balaban J connectivity index is 2.63. The topological polar surface area (TPSA) is 68.3 Å². The van der Waals surface area contributed by atoms with E-state index in [0.29, 0.717) is 13.1 Å². The molecule has 4 heteroatoms. The molecule has 0 aliphatic heterocycles. The summed E-state index contributed by atoms with van der Waals surface area (Å²) < 4.78 is 4.98. The zero-order chi connectivity index (χ0) is 13.4. The van der Waals surface area contributed by atoms with Crippen LogP contribution in [0, 0.1) is 5.41 Å². The zero-order valence-electron chi connectivity index (χ0n) is 11.4. The van der Waals surface area contributed by atoms with Crippen LogP contribution in [-0.4, -0.2) is 12.5 Å². The highest BCUT2D eigenvalue weighted by atomic mass is 16.3. The summed E-state index contributed by atoms with van der Waals surface area (Å²) in [4.78, 5) is 12.3. The standard InChI is InChI=1S/C14H24N2O2/c1-3-6-14(11-15,7-4-2)13(17)16-9-12-5-8-18-10-12/h5,8,10H,3-4,6-7,9,11,15H2,1-2H3,(H,16,17). The molecule has 0 aliphatic rings. The molecule has 3 N–H and O–H groups in total. The van der Waals surface area contributed by atoms with Crippen LogP contribution in [0.25, 0.3) is 0 Å². The van der Waals surface area contributed by atoms with E-state index in [1.807, 2.05) is 6.07 Å². The van der Waals surface area contributed by atoms with Gasteiger partial charge >= 0.3 is 0 Å². The number of hydrogen-bond acceptors (Lipinski definition) is 3. The van der Waals surface area contributed by atoms with E-state index < -0.39 is 5.41 Å². The van der Waals surface area contributed by atoms with Crippen molar-refractivity contribution in [2.24, 2.45) is 11.1 Å². The first-order valence-corrected chi connectivity index (χ1v) is 6.68. The first-order chi connectivity index (χ1) is 8.68. The number of carbonyl (C=O) groups is 1. The Morgan fingerprint density at radius 3 is 2.50 bits per heavy atom. The van der Waals surface area contributed by atoms with Crippen molar-refractivity contribution in [2.75, 3.05) is 6.54 Å². The molecular formula is C14H24N2O2. The molecule has 0 unspecified atom stereocenters. The van der Waals surface area contributed by atoms with Crippen molar-refractivity contribution in [3.8, 4) is 0 Å². The lowest BCUT2D eigenvalue weighted by atomic mass is 9.78. The second-order valence-electron chi connectivity index (χ2n) is 4.80. The Morgan fingerprint density at radius 1 is 1.39 bits per heavy atom. The number of rotatable bonds is 8. The van der Waals surface area contributed by atoms with E-state index in [9.17, 15) is 4.79 Å². The van der Waals surface area contributed by atoms with Gasteiger partial charge in [-0.25, -0.2) is 0 Å². The SMILES string of the molecule is CCCC(CN)(CCC)C(=O)NCc1ccoc1. The fourth-order valence-electron chi connectivity index (χ4n) is 2.37. The summed E-state index contributed by atoms with van der Waals surface area (Å²) in [5.74, 6) is 0.0647. The monoisotopic (exact) mass is 252 g/mol. The van der Waals surface area contributed by atoms with Crippen molar-refractivity contribution in [1.29, 1.82) is 0 Å². The molecule has 1 rings (SSSR count). The molecule has 102 valence electrons. The first-order valence-electron chi connectivity index (χ1n) is 6.68. The highest BCUT2D eigenvalue weighted by Gasteiger charge is 2.34. The number of carbonyl (C=O) groups excluding carboxylic acids is 1. The third-order valence-electron chi connectivity index (χ3n) is 3.36. The van der Waals surface area contributed by atoms with Gasteiger partial charge < -0.3 is 15.5 Å². The molecule has 1 aromatic heterocycles. The lowest BCUT2D eigenvalue weighted by Gasteiger charge is -2.30. The van der Waals surface area contributed by atoms with Crippen molar-refractivity contribution in [3.05, 3.63) is 24.2 Å². The molecule has 0 fully saturated rings. The van der Waals surface area contributed by atoms with Gasteiger partial charge in [-0.05, 0) is 18.9 Å². The van der Waals surface area contributed by atoms with Gasteiger partial charge in [-0.1, -0.05) is 26.7 Å². The Kier molecular flexibility index (Phi) is 5.92. The molecule has 0 spiro atoms. The summed E-state index contributed by atoms with van der Waals surface area (Å²) in [5.41, 5.74) is 6.42. The third-order valence-corrected chi connectivity index (χ3v) is 3.36. The first kappa shape index (κ1) is 14.8. The Labute approximate surface area is 109 Å². The molecule has 0 radical (unpaired) electrons. The summed E-state index contributed by atoms with van der Waals surface area (Å²) in [7, 11) is 0. The van der Waals surface area contributed by atoms with Gasteiger partial charge in [-0.2, -0.15) is 0 Å². The van der Waals surface area contributed by atoms with E-state index in [0.717, 1.165) is 31.2 Å². The smallest absolute Gasteiger partial charge is 0.227 e. The number of furan rings is 1. The maximum atomic E-state index is 12.3. The van der Waals surface area contributed by atoms with Crippen molar-refractivity contribution >= 4 is 5.91 Å². The van der Waals surface area contributed by atoms with Gasteiger partial charge in [0.15, 0.2) is 0 Å². The summed E-state index contributed by atoms with van der Waals surface area (Å²) in [6, 6.07) is 1.85. The quantitative estimate of drug-likeness (QED) is 0.746. The maximum absolute atomic E-state index is 12.3. The minimum Gasteiger partial charge on any atom is -0.472 e. The maximum Gasteiger partial charge on any atom is 0.227 e. The van der Waals surface area contributed by atoms with Crippen LogP contribution in [0.5, 0.6) is 0 Å². The third kappa shape index (κ3) is 3.60. The second-order valence-corrected chi connectivity index (χ2v) is 4.80. The van der Waals surface area contributed by atoms with Crippen LogP contribution in [0.3, 0.4) is 0 Å². The lowest BCUT2D eigenvalue weighted by Crippen LogP contribution is -2.45. The predicted molar refractivity (Wildman–Crippen MR) is 71.9 cm³/mol. The summed E-state index contributed by atoms with van der Waals surface area (Å²) >= 11 is 0. The van der Waals surface area contributed by atoms with Crippen LogP contribution >= 0.6 is 0 Å². The molecule has 0 atom stereocenters. The second kappa shape index (κ2) is 7.21. The predicted octanol–water partition coefficient (Wildman–Crippen LogP) is 2.44. The van der Waals surface area contributed by atoms with Gasteiger partial charge in [0.2, 0.25) is 5.91 Å². The minimum absolute atomic E-state index is 0.0647. The molecule has 0 aromatic carbocycles. The fourth-order valence-corrected chi connectivity index (χ4v) is 2.37. The van der Waals surface area contributed by atoms with Crippen molar-refractivity contribution < 1.29 is 9.21 Å². The van der Waals surface area contributed by atoms with E-state index in [1.54, 1.807) is 12.5 Å². The van der Waals surface area contributed by atoms with E-state index >= 15 is 0 Å². The minimum atomic E-state index is -0.409. The molecule has 1 amide bonds. The molecule has 0 saturated heterocycles. The number of hydrogen-bond donors (Lipinski definition) is 2. The zero-order valence-corrected chi connectivity index (χ0v) is 11.4. The largest absolute Gasteiger partial charge is 0.472 e. The molecule has 4 nitrogen and oxygen atoms in total. The summed E-state index contributed by atoms with van der Waals surface area (Å²) in [5, 5.41) is 2.97. The van der Waals surface area contributed by atoms with Gasteiger partial charge in [0.05, 0.1) is 17.9 Å². The van der Waals surface area contributed by atoms with Crippen LogP contribution < -0.4 is 11.1 Å². The van der Waals surface area contributed by atoms with Crippen LogP contribution in [0.1, 0.15) is 45.1 Å². The Bertz CT molecular complexity index is 341. The number of nitrogens with two attached hydrogens (primary N) is 1. The Morgan fingerprint density at radius 2 is 2.06 bits per heavy atom. The van der Waals surface area contributed by atoms with E-state index in [-0.39, 0.29) is 5.91 Å². The molecular weight excluding hydrogens is 228 g/mol. The highest BCUT2D eigenvalue weighted by molar-refractivity contribution is 5.82.